The summed E-state index contributed by atoms with van der Waals surface area (Å²) in [6, 6.07) is 1.41. The SMILES string of the molecule is CCN(CC)C1CCN(C(CN)CC2CCCCC2)C1. The molecule has 1 saturated carbocycles. The quantitative estimate of drug-likeness (QED) is 0.779. The van der Waals surface area contributed by atoms with Crippen LogP contribution in [0.3, 0.4) is 0 Å². The second-order valence-corrected chi connectivity index (χ2v) is 6.79. The van der Waals surface area contributed by atoms with E-state index in [1.807, 2.05) is 0 Å². The standard InChI is InChI=1S/C17H35N3/c1-3-19(4-2)16-10-11-20(14-16)17(13-18)12-15-8-6-5-7-9-15/h15-17H,3-14,18H2,1-2H3. The van der Waals surface area contributed by atoms with E-state index < -0.39 is 0 Å². The molecule has 0 aromatic carbocycles. The van der Waals surface area contributed by atoms with Crippen molar-refractivity contribution >= 4 is 0 Å². The summed E-state index contributed by atoms with van der Waals surface area (Å²) in [5.41, 5.74) is 6.10. The Morgan fingerprint density at radius 3 is 2.40 bits per heavy atom. The van der Waals surface area contributed by atoms with Gasteiger partial charge in [0, 0.05) is 31.7 Å². The largest absolute Gasteiger partial charge is 0.329 e. The van der Waals surface area contributed by atoms with Gasteiger partial charge in [-0.1, -0.05) is 46.0 Å². The summed E-state index contributed by atoms with van der Waals surface area (Å²) in [6.45, 7) is 10.3. The van der Waals surface area contributed by atoms with Gasteiger partial charge in [-0.05, 0) is 31.8 Å². The molecule has 0 spiro atoms. The van der Waals surface area contributed by atoms with Crippen molar-refractivity contribution in [3.63, 3.8) is 0 Å². The molecule has 2 unspecified atom stereocenters. The molecule has 1 saturated heterocycles. The van der Waals surface area contributed by atoms with Crippen molar-refractivity contribution in [3.05, 3.63) is 0 Å². The summed E-state index contributed by atoms with van der Waals surface area (Å²) in [5.74, 6) is 0.949. The highest BCUT2D eigenvalue weighted by molar-refractivity contribution is 4.88. The van der Waals surface area contributed by atoms with Crippen LogP contribution in [0.1, 0.15) is 58.8 Å². The van der Waals surface area contributed by atoms with Gasteiger partial charge in [-0.25, -0.2) is 0 Å². The maximum absolute atomic E-state index is 6.10. The summed E-state index contributed by atoms with van der Waals surface area (Å²) in [4.78, 5) is 5.31. The van der Waals surface area contributed by atoms with Crippen molar-refractivity contribution in [1.29, 1.82) is 0 Å². The Kier molecular flexibility index (Phi) is 6.79. The number of nitrogens with two attached hydrogens (primary N) is 1. The van der Waals surface area contributed by atoms with E-state index in [1.54, 1.807) is 0 Å². The van der Waals surface area contributed by atoms with Crippen molar-refractivity contribution < 1.29 is 0 Å². The first-order valence-electron chi connectivity index (χ1n) is 8.96. The molecule has 1 aliphatic heterocycles. The average molecular weight is 281 g/mol. The molecule has 0 aromatic heterocycles. The van der Waals surface area contributed by atoms with Crippen molar-refractivity contribution in [2.24, 2.45) is 11.7 Å². The Hall–Kier alpha value is -0.120. The fourth-order valence-electron chi connectivity index (χ4n) is 4.34. The molecule has 0 amide bonds. The van der Waals surface area contributed by atoms with Gasteiger partial charge in [0.05, 0.1) is 0 Å². The Balaban J connectivity index is 1.82. The van der Waals surface area contributed by atoms with Gasteiger partial charge in [-0.2, -0.15) is 0 Å². The minimum Gasteiger partial charge on any atom is -0.329 e. The maximum atomic E-state index is 6.10. The van der Waals surface area contributed by atoms with E-state index in [4.69, 9.17) is 5.73 Å². The highest BCUT2D eigenvalue weighted by atomic mass is 15.3. The lowest BCUT2D eigenvalue weighted by atomic mass is 9.84. The molecule has 1 aliphatic carbocycles. The third kappa shape index (κ3) is 4.19. The van der Waals surface area contributed by atoms with Crippen LogP contribution in [0.2, 0.25) is 0 Å². The second kappa shape index (κ2) is 8.35. The van der Waals surface area contributed by atoms with Gasteiger partial charge in [0.1, 0.15) is 0 Å². The van der Waals surface area contributed by atoms with E-state index >= 15 is 0 Å². The van der Waals surface area contributed by atoms with E-state index in [-0.39, 0.29) is 0 Å². The van der Waals surface area contributed by atoms with Crippen LogP contribution < -0.4 is 5.73 Å². The van der Waals surface area contributed by atoms with Gasteiger partial charge in [-0.15, -0.1) is 0 Å². The smallest absolute Gasteiger partial charge is 0.0235 e. The molecule has 0 aromatic rings. The Bertz CT molecular complexity index is 259. The van der Waals surface area contributed by atoms with E-state index in [9.17, 15) is 0 Å². The fraction of sp³-hybridized carbons (Fsp3) is 1.00. The van der Waals surface area contributed by atoms with Gasteiger partial charge in [0.15, 0.2) is 0 Å². The average Bonchev–Trinajstić information content (AvgIpc) is 2.97. The topological polar surface area (TPSA) is 32.5 Å². The number of rotatable bonds is 7. The second-order valence-electron chi connectivity index (χ2n) is 6.79. The summed E-state index contributed by atoms with van der Waals surface area (Å²) in [5, 5.41) is 0. The van der Waals surface area contributed by atoms with E-state index in [0.717, 1.165) is 18.5 Å². The van der Waals surface area contributed by atoms with Gasteiger partial charge >= 0.3 is 0 Å². The van der Waals surface area contributed by atoms with Gasteiger partial charge in [0.2, 0.25) is 0 Å². The molecule has 1 heterocycles. The number of hydrogen-bond acceptors (Lipinski definition) is 3. The molecule has 0 radical (unpaired) electrons. The monoisotopic (exact) mass is 281 g/mol. The van der Waals surface area contributed by atoms with E-state index in [1.165, 1.54) is 71.1 Å². The van der Waals surface area contributed by atoms with Crippen molar-refractivity contribution in [2.45, 2.75) is 70.9 Å². The minimum absolute atomic E-state index is 0.638. The van der Waals surface area contributed by atoms with Crippen LogP contribution >= 0.6 is 0 Å². The molecule has 2 atom stereocenters. The zero-order chi connectivity index (χ0) is 14.4. The summed E-state index contributed by atoms with van der Waals surface area (Å²) in [6.07, 6.45) is 9.93. The van der Waals surface area contributed by atoms with Gasteiger partial charge in [-0.3, -0.25) is 9.80 Å². The first-order chi connectivity index (χ1) is 9.78. The third-order valence-corrected chi connectivity index (χ3v) is 5.64. The molecular formula is C17H35N3. The Morgan fingerprint density at radius 1 is 1.10 bits per heavy atom. The maximum Gasteiger partial charge on any atom is 0.0235 e. The molecule has 3 nitrogen and oxygen atoms in total. The first-order valence-corrected chi connectivity index (χ1v) is 8.96. The van der Waals surface area contributed by atoms with Crippen LogP contribution in [0.4, 0.5) is 0 Å². The third-order valence-electron chi connectivity index (χ3n) is 5.64. The number of likely N-dealkylation sites (tertiary alicyclic amines) is 1. The molecular weight excluding hydrogens is 246 g/mol. The summed E-state index contributed by atoms with van der Waals surface area (Å²) in [7, 11) is 0. The highest BCUT2D eigenvalue weighted by Gasteiger charge is 2.31. The predicted octanol–water partition coefficient (Wildman–Crippen LogP) is 2.70. The van der Waals surface area contributed by atoms with Gasteiger partial charge in [0.25, 0.3) is 0 Å². The molecule has 2 N–H and O–H groups in total. The Labute approximate surface area is 125 Å². The van der Waals surface area contributed by atoms with Crippen LogP contribution in [0, 0.1) is 5.92 Å². The normalized spacial score (nSPS) is 27.3. The predicted molar refractivity (Wildman–Crippen MR) is 86.9 cm³/mol. The van der Waals surface area contributed by atoms with Crippen LogP contribution in [0.5, 0.6) is 0 Å². The van der Waals surface area contributed by atoms with Crippen molar-refractivity contribution in [2.75, 3.05) is 32.7 Å². The van der Waals surface area contributed by atoms with Crippen LogP contribution in [0.15, 0.2) is 0 Å². The lowest BCUT2D eigenvalue weighted by molar-refractivity contribution is 0.164. The number of nitrogens with zero attached hydrogens (tertiary/aromatic N) is 2. The van der Waals surface area contributed by atoms with Crippen molar-refractivity contribution in [1.82, 2.24) is 9.80 Å². The Morgan fingerprint density at radius 2 is 1.80 bits per heavy atom. The molecule has 2 fully saturated rings. The van der Waals surface area contributed by atoms with Crippen LogP contribution in [0.25, 0.3) is 0 Å². The molecule has 118 valence electrons. The van der Waals surface area contributed by atoms with E-state index in [0.29, 0.717) is 6.04 Å². The number of hydrogen-bond donors (Lipinski definition) is 1. The minimum atomic E-state index is 0.638. The summed E-state index contributed by atoms with van der Waals surface area (Å²) >= 11 is 0. The molecule has 0 bridgehead atoms. The van der Waals surface area contributed by atoms with Gasteiger partial charge < -0.3 is 5.73 Å². The lowest BCUT2D eigenvalue weighted by Crippen LogP contribution is -2.43. The molecule has 2 aliphatic rings. The van der Waals surface area contributed by atoms with Crippen LogP contribution in [-0.2, 0) is 0 Å². The van der Waals surface area contributed by atoms with Crippen molar-refractivity contribution in [3.8, 4) is 0 Å². The zero-order valence-corrected chi connectivity index (χ0v) is 13.7. The highest BCUT2D eigenvalue weighted by Crippen LogP contribution is 2.29. The first kappa shape index (κ1) is 16.3. The molecule has 2 rings (SSSR count). The lowest BCUT2D eigenvalue weighted by Gasteiger charge is -2.33. The van der Waals surface area contributed by atoms with E-state index in [2.05, 4.69) is 23.6 Å². The molecule has 3 heteroatoms. The molecule has 20 heavy (non-hydrogen) atoms. The van der Waals surface area contributed by atoms with Crippen LogP contribution in [-0.4, -0.2) is 54.6 Å². The summed E-state index contributed by atoms with van der Waals surface area (Å²) < 4.78 is 0. The number of likely N-dealkylation sites (N-methyl/N-ethyl adjacent to an activating group) is 1. The fourth-order valence-corrected chi connectivity index (χ4v) is 4.34. The zero-order valence-electron chi connectivity index (χ0n) is 13.7.